The second kappa shape index (κ2) is 8.98. The highest BCUT2D eigenvalue weighted by Gasteiger charge is 2.28. The molecule has 0 N–H and O–H groups in total. The second-order valence-corrected chi connectivity index (χ2v) is 8.53. The summed E-state index contributed by atoms with van der Waals surface area (Å²) < 4.78 is 28.0. The summed E-state index contributed by atoms with van der Waals surface area (Å²) in [6.07, 6.45) is 14.7. The van der Waals surface area contributed by atoms with Crippen LogP contribution >= 0.6 is 0 Å². The first-order chi connectivity index (χ1) is 12.6. The fourth-order valence-electron chi connectivity index (χ4n) is 5.17. The van der Waals surface area contributed by atoms with Gasteiger partial charge >= 0.3 is 0 Å². The molecule has 26 heavy (non-hydrogen) atoms. The summed E-state index contributed by atoms with van der Waals surface area (Å²) in [6, 6.07) is 3.04. The van der Waals surface area contributed by atoms with Gasteiger partial charge in [-0.25, -0.2) is 8.78 Å². The summed E-state index contributed by atoms with van der Waals surface area (Å²) in [7, 11) is 0. The molecule has 0 spiro atoms. The molecule has 1 nitrogen and oxygen atoms in total. The van der Waals surface area contributed by atoms with Gasteiger partial charge in [0.1, 0.15) is 23.3 Å². The van der Waals surface area contributed by atoms with Gasteiger partial charge in [0.05, 0.1) is 0 Å². The second-order valence-electron chi connectivity index (χ2n) is 8.53. The molecular weight excluding hydrogens is 328 g/mol. The van der Waals surface area contributed by atoms with Gasteiger partial charge in [-0.2, -0.15) is 5.26 Å². The molecule has 0 aliphatic heterocycles. The highest BCUT2D eigenvalue weighted by Crippen LogP contribution is 2.36. The minimum Gasteiger partial charge on any atom is -0.205 e. The molecule has 2 aliphatic carbocycles. The molecule has 1 saturated carbocycles. The minimum absolute atomic E-state index is 0.410. The summed E-state index contributed by atoms with van der Waals surface area (Å²) in [5, 5.41) is 8.91. The van der Waals surface area contributed by atoms with Crippen LogP contribution in [-0.4, -0.2) is 0 Å². The van der Waals surface area contributed by atoms with Crippen molar-refractivity contribution in [3.8, 4) is 6.07 Å². The third-order valence-electron chi connectivity index (χ3n) is 6.66. The third kappa shape index (κ3) is 4.45. The standard InChI is InChI=1S/C23H31F2N/c1-2-5-16-8-10-17(11-9-16)6-3-4-7-18-12-19-14-22(24)21(15-26)23(25)20(19)13-18/h14,16-18H,2-13H2,1H3. The first-order valence-corrected chi connectivity index (χ1v) is 10.5. The predicted octanol–water partition coefficient (Wildman–Crippen LogP) is 6.72. The molecule has 1 fully saturated rings. The zero-order valence-electron chi connectivity index (χ0n) is 16.0. The molecule has 0 amide bonds. The lowest BCUT2D eigenvalue weighted by Crippen LogP contribution is -2.14. The van der Waals surface area contributed by atoms with Crippen LogP contribution in [0.4, 0.5) is 8.78 Å². The zero-order valence-corrected chi connectivity index (χ0v) is 16.0. The maximum absolute atomic E-state index is 14.3. The molecule has 1 atom stereocenters. The Morgan fingerprint density at radius 2 is 1.58 bits per heavy atom. The van der Waals surface area contributed by atoms with Crippen molar-refractivity contribution in [1.82, 2.24) is 0 Å². The van der Waals surface area contributed by atoms with Gasteiger partial charge in [0.15, 0.2) is 0 Å². The molecule has 1 aromatic rings. The van der Waals surface area contributed by atoms with Gasteiger partial charge in [0.25, 0.3) is 0 Å². The first kappa shape index (κ1) is 19.3. The van der Waals surface area contributed by atoms with Gasteiger partial charge in [-0.15, -0.1) is 0 Å². The lowest BCUT2D eigenvalue weighted by molar-refractivity contribution is 0.246. The monoisotopic (exact) mass is 359 g/mol. The van der Waals surface area contributed by atoms with Crippen molar-refractivity contribution in [2.75, 3.05) is 0 Å². The average Bonchev–Trinajstić information content (AvgIpc) is 3.04. The lowest BCUT2D eigenvalue weighted by Gasteiger charge is -2.28. The Labute approximate surface area is 156 Å². The number of fused-ring (bicyclic) bond motifs is 1. The Morgan fingerprint density at radius 3 is 2.19 bits per heavy atom. The van der Waals surface area contributed by atoms with Gasteiger partial charge in [-0.1, -0.05) is 64.7 Å². The van der Waals surface area contributed by atoms with Crippen molar-refractivity contribution in [2.24, 2.45) is 17.8 Å². The van der Waals surface area contributed by atoms with Crippen LogP contribution in [0.2, 0.25) is 0 Å². The maximum atomic E-state index is 14.3. The molecule has 3 rings (SSSR count). The molecule has 0 saturated heterocycles. The van der Waals surface area contributed by atoms with E-state index in [-0.39, 0.29) is 0 Å². The molecular formula is C23H31F2N. The van der Waals surface area contributed by atoms with Crippen molar-refractivity contribution in [1.29, 1.82) is 5.26 Å². The van der Waals surface area contributed by atoms with E-state index >= 15 is 0 Å². The van der Waals surface area contributed by atoms with E-state index in [0.29, 0.717) is 17.9 Å². The summed E-state index contributed by atoms with van der Waals surface area (Å²) in [6.45, 7) is 2.29. The number of benzene rings is 1. The number of halogens is 2. The Hall–Kier alpha value is -1.43. The van der Waals surface area contributed by atoms with Crippen LogP contribution in [0.15, 0.2) is 6.07 Å². The van der Waals surface area contributed by atoms with Crippen molar-refractivity contribution in [3.05, 3.63) is 34.4 Å². The van der Waals surface area contributed by atoms with Crippen LogP contribution in [-0.2, 0) is 12.8 Å². The molecule has 0 heterocycles. The fourth-order valence-corrected chi connectivity index (χ4v) is 5.17. The van der Waals surface area contributed by atoms with Crippen LogP contribution in [0, 0.1) is 40.7 Å². The van der Waals surface area contributed by atoms with Gasteiger partial charge in [-0.05, 0) is 54.2 Å². The van der Waals surface area contributed by atoms with Gasteiger partial charge < -0.3 is 0 Å². The van der Waals surface area contributed by atoms with Crippen molar-refractivity contribution < 1.29 is 8.78 Å². The molecule has 3 heteroatoms. The van der Waals surface area contributed by atoms with E-state index in [9.17, 15) is 8.78 Å². The van der Waals surface area contributed by atoms with Crippen LogP contribution in [0.5, 0.6) is 0 Å². The van der Waals surface area contributed by atoms with Crippen molar-refractivity contribution in [3.63, 3.8) is 0 Å². The number of unbranched alkanes of at least 4 members (excludes halogenated alkanes) is 1. The highest BCUT2D eigenvalue weighted by atomic mass is 19.1. The molecule has 0 radical (unpaired) electrons. The largest absolute Gasteiger partial charge is 0.205 e. The van der Waals surface area contributed by atoms with Crippen LogP contribution in [0.1, 0.15) is 87.8 Å². The molecule has 0 aromatic heterocycles. The van der Waals surface area contributed by atoms with Crippen LogP contribution in [0.3, 0.4) is 0 Å². The zero-order chi connectivity index (χ0) is 18.5. The fraction of sp³-hybridized carbons (Fsp3) is 0.696. The van der Waals surface area contributed by atoms with E-state index in [1.807, 2.05) is 0 Å². The van der Waals surface area contributed by atoms with E-state index in [1.165, 1.54) is 63.9 Å². The summed E-state index contributed by atoms with van der Waals surface area (Å²) in [5.41, 5.74) is 0.948. The van der Waals surface area contributed by atoms with E-state index in [2.05, 4.69) is 6.92 Å². The number of nitriles is 1. The summed E-state index contributed by atoms with van der Waals surface area (Å²) >= 11 is 0. The topological polar surface area (TPSA) is 23.8 Å². The highest BCUT2D eigenvalue weighted by molar-refractivity contribution is 5.43. The van der Waals surface area contributed by atoms with Crippen LogP contribution in [0.25, 0.3) is 0 Å². The lowest BCUT2D eigenvalue weighted by atomic mass is 9.78. The van der Waals surface area contributed by atoms with Crippen LogP contribution < -0.4 is 0 Å². The third-order valence-corrected chi connectivity index (χ3v) is 6.66. The van der Waals surface area contributed by atoms with E-state index in [0.717, 1.165) is 30.2 Å². The molecule has 142 valence electrons. The number of hydrogen-bond donors (Lipinski definition) is 0. The molecule has 0 bridgehead atoms. The Bertz CT molecular complexity index is 653. The minimum atomic E-state index is -0.705. The smallest absolute Gasteiger partial charge is 0.147 e. The normalized spacial score (nSPS) is 25.1. The van der Waals surface area contributed by atoms with E-state index in [1.54, 1.807) is 6.07 Å². The number of rotatable bonds is 7. The molecule has 1 aromatic carbocycles. The van der Waals surface area contributed by atoms with E-state index < -0.39 is 17.2 Å². The van der Waals surface area contributed by atoms with Gasteiger partial charge in [0, 0.05) is 0 Å². The summed E-state index contributed by atoms with van der Waals surface area (Å²) in [4.78, 5) is 0. The average molecular weight is 360 g/mol. The first-order valence-electron chi connectivity index (χ1n) is 10.5. The summed E-state index contributed by atoms with van der Waals surface area (Å²) in [5.74, 6) is 0.973. The van der Waals surface area contributed by atoms with Crippen molar-refractivity contribution in [2.45, 2.75) is 84.0 Å². The molecule has 2 aliphatic rings. The van der Waals surface area contributed by atoms with Gasteiger partial charge in [0.2, 0.25) is 0 Å². The number of nitrogens with zero attached hydrogens (tertiary/aromatic N) is 1. The maximum Gasteiger partial charge on any atom is 0.147 e. The van der Waals surface area contributed by atoms with Crippen molar-refractivity contribution >= 4 is 0 Å². The predicted molar refractivity (Wildman–Crippen MR) is 101 cm³/mol. The SMILES string of the molecule is CCCC1CCC(CCCCC2Cc3cc(F)c(C#N)c(F)c3C2)CC1. The Morgan fingerprint density at radius 1 is 0.962 bits per heavy atom. The van der Waals surface area contributed by atoms with E-state index in [4.69, 9.17) is 5.26 Å². The Balaban J connectivity index is 1.39. The van der Waals surface area contributed by atoms with Gasteiger partial charge in [-0.3, -0.25) is 0 Å². The molecule has 1 unspecified atom stereocenters. The quantitative estimate of drug-likeness (QED) is 0.496. The Kier molecular flexibility index (Phi) is 6.68. The number of hydrogen-bond acceptors (Lipinski definition) is 1.